The number of carbonyl (C=O) groups is 1. The summed E-state index contributed by atoms with van der Waals surface area (Å²) in [5.41, 5.74) is 10.7. The van der Waals surface area contributed by atoms with Gasteiger partial charge in [0, 0.05) is 0 Å². The van der Waals surface area contributed by atoms with Gasteiger partial charge < -0.3 is 16.2 Å². The minimum atomic E-state index is -0.594. The first-order chi connectivity index (χ1) is 7.16. The van der Waals surface area contributed by atoms with Gasteiger partial charge in [-0.25, -0.2) is 0 Å². The van der Waals surface area contributed by atoms with Crippen LogP contribution < -0.4 is 16.2 Å². The minimum Gasteiger partial charge on any atom is -0.493 e. The van der Waals surface area contributed by atoms with Crippen molar-refractivity contribution in [2.24, 2.45) is 11.5 Å². The van der Waals surface area contributed by atoms with Gasteiger partial charge in [0.15, 0.2) is 0 Å². The second-order valence-corrected chi connectivity index (χ2v) is 3.38. The first-order valence-electron chi connectivity index (χ1n) is 4.58. The van der Waals surface area contributed by atoms with Crippen LogP contribution in [0.15, 0.2) is 18.2 Å². The molecule has 0 aliphatic rings. The normalized spacial score (nSPS) is 10.0. The Labute approximate surface area is 93.1 Å². The summed E-state index contributed by atoms with van der Waals surface area (Å²) >= 11 is 5.83. The molecule has 0 saturated carbocycles. The minimum absolute atomic E-state index is 0.219. The van der Waals surface area contributed by atoms with Gasteiger partial charge in [0.2, 0.25) is 0 Å². The molecule has 5 heteroatoms. The van der Waals surface area contributed by atoms with E-state index in [-0.39, 0.29) is 5.56 Å². The Morgan fingerprint density at radius 2 is 2.20 bits per heavy atom. The Bertz CT molecular complexity index is 355. The van der Waals surface area contributed by atoms with Gasteiger partial charge in [-0.2, -0.15) is 0 Å². The lowest BCUT2D eigenvalue weighted by Gasteiger charge is -2.09. The second-order valence-electron chi connectivity index (χ2n) is 2.97. The summed E-state index contributed by atoms with van der Waals surface area (Å²) in [5.74, 6) is -0.188. The van der Waals surface area contributed by atoms with Crippen molar-refractivity contribution in [3.8, 4) is 5.75 Å². The quantitative estimate of drug-likeness (QED) is 0.743. The van der Waals surface area contributed by atoms with Crippen molar-refractivity contribution >= 4 is 17.5 Å². The van der Waals surface area contributed by atoms with E-state index in [0.717, 1.165) is 0 Å². The Morgan fingerprint density at radius 1 is 1.47 bits per heavy atom. The summed E-state index contributed by atoms with van der Waals surface area (Å²) < 4.78 is 5.35. The zero-order valence-corrected chi connectivity index (χ0v) is 8.96. The molecule has 0 spiro atoms. The maximum absolute atomic E-state index is 11.1. The summed E-state index contributed by atoms with van der Waals surface area (Å²) in [6.45, 7) is 0.976. The number of halogens is 1. The monoisotopic (exact) mass is 228 g/mol. The molecule has 1 aromatic rings. The molecular weight excluding hydrogens is 216 g/mol. The molecule has 0 bridgehead atoms. The molecule has 0 aromatic heterocycles. The van der Waals surface area contributed by atoms with Crippen LogP contribution in [0.1, 0.15) is 16.8 Å². The van der Waals surface area contributed by atoms with Gasteiger partial charge in [0.05, 0.1) is 17.2 Å². The van der Waals surface area contributed by atoms with Gasteiger partial charge in [-0.3, -0.25) is 4.79 Å². The molecule has 0 fully saturated rings. The van der Waals surface area contributed by atoms with Crippen molar-refractivity contribution in [3.05, 3.63) is 28.8 Å². The second kappa shape index (κ2) is 5.58. The number of nitrogens with two attached hydrogens (primary N) is 2. The van der Waals surface area contributed by atoms with E-state index in [1.54, 1.807) is 18.2 Å². The number of hydrogen-bond donors (Lipinski definition) is 2. The molecule has 82 valence electrons. The highest BCUT2D eigenvalue weighted by Crippen LogP contribution is 2.25. The zero-order valence-electron chi connectivity index (χ0n) is 8.20. The van der Waals surface area contributed by atoms with E-state index < -0.39 is 5.91 Å². The van der Waals surface area contributed by atoms with E-state index in [0.29, 0.717) is 30.3 Å². The van der Waals surface area contributed by atoms with E-state index in [1.165, 1.54) is 0 Å². The maximum atomic E-state index is 11.1. The third-order valence-corrected chi connectivity index (χ3v) is 2.14. The predicted molar refractivity (Wildman–Crippen MR) is 59.1 cm³/mol. The van der Waals surface area contributed by atoms with Gasteiger partial charge in [0.1, 0.15) is 5.75 Å². The molecule has 0 heterocycles. The Hall–Kier alpha value is -1.26. The maximum Gasteiger partial charge on any atom is 0.253 e. The molecule has 1 amide bonds. The highest BCUT2D eigenvalue weighted by atomic mass is 35.5. The number of hydrogen-bond acceptors (Lipinski definition) is 3. The SMILES string of the molecule is NCCCOc1cccc(Cl)c1C(N)=O. The largest absolute Gasteiger partial charge is 0.493 e. The molecule has 0 unspecified atom stereocenters. The average molecular weight is 229 g/mol. The number of ether oxygens (including phenoxy) is 1. The molecule has 15 heavy (non-hydrogen) atoms. The molecule has 4 N–H and O–H groups in total. The van der Waals surface area contributed by atoms with Crippen LogP contribution >= 0.6 is 11.6 Å². The summed E-state index contributed by atoms with van der Waals surface area (Å²) in [7, 11) is 0. The molecule has 1 aromatic carbocycles. The van der Waals surface area contributed by atoms with Crippen LogP contribution in [0.3, 0.4) is 0 Å². The predicted octanol–water partition coefficient (Wildman–Crippen LogP) is 1.17. The van der Waals surface area contributed by atoms with E-state index in [9.17, 15) is 4.79 Å². The number of amides is 1. The number of carbonyl (C=O) groups excluding carboxylic acids is 1. The molecule has 0 aliphatic carbocycles. The Balaban J connectivity index is 2.86. The van der Waals surface area contributed by atoms with Gasteiger partial charge in [-0.15, -0.1) is 0 Å². The van der Waals surface area contributed by atoms with Crippen molar-refractivity contribution < 1.29 is 9.53 Å². The van der Waals surface area contributed by atoms with E-state index >= 15 is 0 Å². The van der Waals surface area contributed by atoms with Crippen LogP contribution in [-0.4, -0.2) is 19.1 Å². The van der Waals surface area contributed by atoms with Crippen molar-refractivity contribution in [2.75, 3.05) is 13.2 Å². The highest BCUT2D eigenvalue weighted by molar-refractivity contribution is 6.34. The topological polar surface area (TPSA) is 78.3 Å². The zero-order chi connectivity index (χ0) is 11.3. The van der Waals surface area contributed by atoms with Gasteiger partial charge >= 0.3 is 0 Å². The molecule has 0 radical (unpaired) electrons. The molecule has 1 rings (SSSR count). The lowest BCUT2D eigenvalue weighted by molar-refractivity contribution is 0.0996. The smallest absolute Gasteiger partial charge is 0.253 e. The summed E-state index contributed by atoms with van der Waals surface area (Å²) in [5, 5.41) is 0.299. The fourth-order valence-electron chi connectivity index (χ4n) is 1.13. The fourth-order valence-corrected chi connectivity index (χ4v) is 1.39. The van der Waals surface area contributed by atoms with Crippen molar-refractivity contribution in [3.63, 3.8) is 0 Å². The van der Waals surface area contributed by atoms with Gasteiger partial charge in [0.25, 0.3) is 5.91 Å². The van der Waals surface area contributed by atoms with Crippen LogP contribution in [0.25, 0.3) is 0 Å². The third-order valence-electron chi connectivity index (χ3n) is 1.83. The third kappa shape index (κ3) is 3.11. The first-order valence-corrected chi connectivity index (χ1v) is 4.95. The first kappa shape index (κ1) is 11.8. The fraction of sp³-hybridized carbons (Fsp3) is 0.300. The van der Waals surface area contributed by atoms with Gasteiger partial charge in [-0.1, -0.05) is 17.7 Å². The van der Waals surface area contributed by atoms with Gasteiger partial charge in [-0.05, 0) is 25.1 Å². The van der Waals surface area contributed by atoms with Crippen LogP contribution in [0, 0.1) is 0 Å². The van der Waals surface area contributed by atoms with E-state index in [4.69, 9.17) is 27.8 Å². The van der Waals surface area contributed by atoms with Crippen LogP contribution in [0.2, 0.25) is 5.02 Å². The average Bonchev–Trinajstić information content (AvgIpc) is 2.17. The van der Waals surface area contributed by atoms with Crippen molar-refractivity contribution in [1.29, 1.82) is 0 Å². The molecule has 0 saturated heterocycles. The molecule has 0 aliphatic heterocycles. The molecule has 0 atom stereocenters. The Kier molecular flexibility index (Phi) is 4.39. The molecule has 4 nitrogen and oxygen atoms in total. The Morgan fingerprint density at radius 3 is 2.80 bits per heavy atom. The lowest BCUT2D eigenvalue weighted by Crippen LogP contribution is -2.15. The summed E-state index contributed by atoms with van der Waals surface area (Å²) in [4.78, 5) is 11.1. The standard InChI is InChI=1S/C10H13ClN2O2/c11-7-3-1-4-8(9(7)10(13)14)15-6-2-5-12/h1,3-4H,2,5-6,12H2,(H2,13,14). The van der Waals surface area contributed by atoms with E-state index in [2.05, 4.69) is 0 Å². The number of primary amides is 1. The van der Waals surface area contributed by atoms with Crippen molar-refractivity contribution in [1.82, 2.24) is 0 Å². The van der Waals surface area contributed by atoms with Crippen LogP contribution in [0.5, 0.6) is 5.75 Å². The van der Waals surface area contributed by atoms with Crippen LogP contribution in [0.4, 0.5) is 0 Å². The van der Waals surface area contributed by atoms with Crippen LogP contribution in [-0.2, 0) is 0 Å². The highest BCUT2D eigenvalue weighted by Gasteiger charge is 2.13. The number of benzene rings is 1. The summed E-state index contributed by atoms with van der Waals surface area (Å²) in [6.07, 6.45) is 0.713. The summed E-state index contributed by atoms with van der Waals surface area (Å²) in [6, 6.07) is 4.95. The number of rotatable bonds is 5. The lowest BCUT2D eigenvalue weighted by atomic mass is 10.2. The molecular formula is C10H13ClN2O2. The van der Waals surface area contributed by atoms with E-state index in [1.807, 2.05) is 0 Å². The van der Waals surface area contributed by atoms with Crippen molar-refractivity contribution in [2.45, 2.75) is 6.42 Å².